The highest BCUT2D eigenvalue weighted by molar-refractivity contribution is 5.72. The quantitative estimate of drug-likeness (QED) is 0.547. The number of nitrogens with zero attached hydrogens (tertiary/aromatic N) is 2. The molecule has 0 fully saturated rings. The fourth-order valence-corrected chi connectivity index (χ4v) is 1.53. The molecule has 8 heteroatoms. The van der Waals surface area contributed by atoms with Gasteiger partial charge in [0.25, 0.3) is 5.69 Å². The molecule has 1 rings (SSSR count). The molecule has 0 aliphatic carbocycles. The van der Waals surface area contributed by atoms with E-state index in [9.17, 15) is 19.7 Å². The summed E-state index contributed by atoms with van der Waals surface area (Å²) in [7, 11) is 0. The van der Waals surface area contributed by atoms with Gasteiger partial charge in [-0.3, -0.25) is 24.6 Å². The second-order valence-electron chi connectivity index (χ2n) is 3.86. The summed E-state index contributed by atoms with van der Waals surface area (Å²) in [6.07, 6.45) is 0. The van der Waals surface area contributed by atoms with Gasteiger partial charge in [-0.15, -0.1) is 0 Å². The summed E-state index contributed by atoms with van der Waals surface area (Å²) in [5, 5.41) is 27.8. The molecule has 0 amide bonds. The first-order valence-electron chi connectivity index (χ1n) is 5.27. The largest absolute Gasteiger partial charge is 0.480 e. The summed E-state index contributed by atoms with van der Waals surface area (Å²) in [5.74, 6) is -2.27. The lowest BCUT2D eigenvalue weighted by molar-refractivity contribution is -0.384. The summed E-state index contributed by atoms with van der Waals surface area (Å²) in [6, 6.07) is 5.51. The van der Waals surface area contributed by atoms with Gasteiger partial charge in [-0.05, 0) is 5.56 Å². The molecule has 0 aliphatic rings. The summed E-state index contributed by atoms with van der Waals surface area (Å²) in [4.78, 5) is 32.3. The van der Waals surface area contributed by atoms with Crippen molar-refractivity contribution in [1.29, 1.82) is 0 Å². The van der Waals surface area contributed by atoms with Crippen molar-refractivity contribution in [1.82, 2.24) is 4.90 Å². The van der Waals surface area contributed by atoms with E-state index in [1.165, 1.54) is 29.2 Å². The number of carbonyl (C=O) groups is 2. The van der Waals surface area contributed by atoms with E-state index in [0.717, 1.165) is 0 Å². The van der Waals surface area contributed by atoms with E-state index < -0.39 is 30.0 Å². The normalized spacial score (nSPS) is 10.4. The van der Waals surface area contributed by atoms with Gasteiger partial charge in [0, 0.05) is 18.7 Å². The van der Waals surface area contributed by atoms with E-state index >= 15 is 0 Å². The van der Waals surface area contributed by atoms with Crippen LogP contribution in [-0.2, 0) is 16.1 Å². The fraction of sp³-hybridized carbons (Fsp3) is 0.273. The number of carboxylic acids is 2. The fourth-order valence-electron chi connectivity index (χ4n) is 1.53. The molecular formula is C11H12N2O6. The number of rotatable bonds is 7. The van der Waals surface area contributed by atoms with Crippen LogP contribution in [0.2, 0.25) is 0 Å². The van der Waals surface area contributed by atoms with Crippen molar-refractivity contribution in [2.24, 2.45) is 0 Å². The highest BCUT2D eigenvalue weighted by atomic mass is 16.6. The van der Waals surface area contributed by atoms with Crippen LogP contribution < -0.4 is 0 Å². The molecular weight excluding hydrogens is 256 g/mol. The SMILES string of the molecule is O=C(O)CN(CC(=O)O)Cc1ccc([N+](=O)[O-])cc1. The minimum atomic E-state index is -1.14. The molecule has 8 nitrogen and oxygen atoms in total. The lowest BCUT2D eigenvalue weighted by Gasteiger charge is -2.17. The Balaban J connectivity index is 2.74. The maximum absolute atomic E-state index is 10.6. The van der Waals surface area contributed by atoms with Gasteiger partial charge in [-0.1, -0.05) is 12.1 Å². The Bertz CT molecular complexity index is 468. The van der Waals surface area contributed by atoms with Crippen molar-refractivity contribution < 1.29 is 24.7 Å². The molecule has 0 bridgehead atoms. The number of nitro groups is 1. The van der Waals surface area contributed by atoms with Gasteiger partial charge in [-0.2, -0.15) is 0 Å². The summed E-state index contributed by atoms with van der Waals surface area (Å²) in [6.45, 7) is -0.733. The van der Waals surface area contributed by atoms with Crippen LogP contribution in [0.3, 0.4) is 0 Å². The maximum Gasteiger partial charge on any atom is 0.317 e. The molecule has 0 spiro atoms. The number of carboxylic acid groups (broad SMARTS) is 2. The zero-order chi connectivity index (χ0) is 14.4. The first-order chi connectivity index (χ1) is 8.88. The third-order valence-corrected chi connectivity index (χ3v) is 2.27. The van der Waals surface area contributed by atoms with Crippen LogP contribution in [0.4, 0.5) is 5.69 Å². The molecule has 0 heterocycles. The number of benzene rings is 1. The lowest BCUT2D eigenvalue weighted by Crippen LogP contribution is -2.33. The molecule has 1 aromatic rings. The Morgan fingerprint density at radius 3 is 1.95 bits per heavy atom. The van der Waals surface area contributed by atoms with Crippen molar-refractivity contribution in [3.63, 3.8) is 0 Å². The Labute approximate surface area is 108 Å². The van der Waals surface area contributed by atoms with E-state index in [1.807, 2.05) is 0 Å². The topological polar surface area (TPSA) is 121 Å². The molecule has 1 aromatic carbocycles. The number of non-ortho nitro benzene ring substituents is 1. The van der Waals surface area contributed by atoms with Gasteiger partial charge in [0.05, 0.1) is 18.0 Å². The Morgan fingerprint density at radius 1 is 1.11 bits per heavy atom. The Hall–Kier alpha value is -2.48. The van der Waals surface area contributed by atoms with Crippen LogP contribution >= 0.6 is 0 Å². The highest BCUT2D eigenvalue weighted by Gasteiger charge is 2.14. The second kappa shape index (κ2) is 6.45. The molecule has 0 atom stereocenters. The van der Waals surface area contributed by atoms with Crippen LogP contribution in [0.15, 0.2) is 24.3 Å². The summed E-state index contributed by atoms with van der Waals surface area (Å²) >= 11 is 0. The monoisotopic (exact) mass is 268 g/mol. The lowest BCUT2D eigenvalue weighted by atomic mass is 10.2. The van der Waals surface area contributed by atoms with E-state index in [2.05, 4.69) is 0 Å². The molecule has 2 N–H and O–H groups in total. The second-order valence-corrected chi connectivity index (χ2v) is 3.86. The molecule has 102 valence electrons. The van der Waals surface area contributed by atoms with Crippen LogP contribution in [-0.4, -0.2) is 45.1 Å². The van der Waals surface area contributed by atoms with E-state index in [0.29, 0.717) is 5.56 Å². The van der Waals surface area contributed by atoms with Crippen molar-refractivity contribution in [2.45, 2.75) is 6.54 Å². The zero-order valence-electron chi connectivity index (χ0n) is 9.85. The predicted molar refractivity (Wildman–Crippen MR) is 63.6 cm³/mol. The number of hydrogen-bond acceptors (Lipinski definition) is 5. The van der Waals surface area contributed by atoms with Crippen molar-refractivity contribution in [2.75, 3.05) is 13.1 Å². The van der Waals surface area contributed by atoms with Gasteiger partial charge >= 0.3 is 11.9 Å². The van der Waals surface area contributed by atoms with Gasteiger partial charge in [0.1, 0.15) is 0 Å². The van der Waals surface area contributed by atoms with Crippen molar-refractivity contribution in [3.05, 3.63) is 39.9 Å². The molecule has 0 saturated carbocycles. The zero-order valence-corrected chi connectivity index (χ0v) is 9.85. The molecule has 19 heavy (non-hydrogen) atoms. The molecule has 0 unspecified atom stereocenters. The molecule has 0 aliphatic heterocycles. The molecule has 0 radical (unpaired) electrons. The van der Waals surface area contributed by atoms with Crippen LogP contribution in [0.1, 0.15) is 5.56 Å². The first-order valence-corrected chi connectivity index (χ1v) is 5.27. The maximum atomic E-state index is 10.6. The van der Waals surface area contributed by atoms with E-state index in [4.69, 9.17) is 10.2 Å². The van der Waals surface area contributed by atoms with Crippen molar-refractivity contribution in [3.8, 4) is 0 Å². The van der Waals surface area contributed by atoms with Crippen LogP contribution in [0, 0.1) is 10.1 Å². The van der Waals surface area contributed by atoms with E-state index in [-0.39, 0.29) is 12.2 Å². The van der Waals surface area contributed by atoms with E-state index in [1.54, 1.807) is 0 Å². The Morgan fingerprint density at radius 2 is 1.58 bits per heavy atom. The highest BCUT2D eigenvalue weighted by Crippen LogP contribution is 2.13. The molecule has 0 aromatic heterocycles. The summed E-state index contributed by atoms with van der Waals surface area (Å²) in [5.41, 5.74) is 0.528. The van der Waals surface area contributed by atoms with Gasteiger partial charge in [-0.25, -0.2) is 0 Å². The number of nitro benzene ring substituents is 1. The third-order valence-electron chi connectivity index (χ3n) is 2.27. The summed E-state index contributed by atoms with van der Waals surface area (Å²) < 4.78 is 0. The molecule has 0 saturated heterocycles. The van der Waals surface area contributed by atoms with Crippen LogP contribution in [0.5, 0.6) is 0 Å². The first kappa shape index (κ1) is 14.6. The number of aliphatic carboxylic acids is 2. The standard InChI is InChI=1S/C11H12N2O6/c14-10(15)6-12(7-11(16)17)5-8-1-3-9(4-2-8)13(18)19/h1-4H,5-7H2,(H,14,15)(H,16,17). The van der Waals surface area contributed by atoms with Crippen LogP contribution in [0.25, 0.3) is 0 Å². The average molecular weight is 268 g/mol. The smallest absolute Gasteiger partial charge is 0.317 e. The minimum absolute atomic E-state index is 0.0771. The minimum Gasteiger partial charge on any atom is -0.480 e. The van der Waals surface area contributed by atoms with Gasteiger partial charge < -0.3 is 10.2 Å². The van der Waals surface area contributed by atoms with Gasteiger partial charge in [0.2, 0.25) is 0 Å². The average Bonchev–Trinajstić information content (AvgIpc) is 2.27. The predicted octanol–water partition coefficient (Wildman–Crippen LogP) is 0.566. The van der Waals surface area contributed by atoms with Crippen molar-refractivity contribution >= 4 is 17.6 Å². The Kier molecular flexibility index (Phi) is 4.95. The third kappa shape index (κ3) is 5.13. The number of hydrogen-bond donors (Lipinski definition) is 2. The van der Waals surface area contributed by atoms with Gasteiger partial charge in [0.15, 0.2) is 0 Å².